The normalized spacial score (nSPS) is 12.5. The van der Waals surface area contributed by atoms with Gasteiger partial charge in [0.05, 0.1) is 0 Å². The summed E-state index contributed by atoms with van der Waals surface area (Å²) in [6, 6.07) is 0. The predicted octanol–water partition coefficient (Wildman–Crippen LogP) is 4.87. The van der Waals surface area contributed by atoms with Crippen LogP contribution in [0.25, 0.3) is 0 Å². The first-order valence-electron chi connectivity index (χ1n) is 8.68. The van der Waals surface area contributed by atoms with Crippen LogP contribution in [-0.4, -0.2) is 23.1 Å². The number of carbonyl (C=O) groups excluding carboxylic acids is 1. The number of unbranched alkanes of at least 4 members (excludes halogenated alkanes) is 5. The van der Waals surface area contributed by atoms with E-state index in [1.807, 2.05) is 6.08 Å². The molecule has 22 heavy (non-hydrogen) atoms. The minimum atomic E-state index is -0.731. The lowest BCUT2D eigenvalue weighted by Crippen LogP contribution is -2.16. The number of hydrogen-bond donors (Lipinski definition) is 1. The van der Waals surface area contributed by atoms with Crippen LogP contribution in [0.5, 0.6) is 0 Å². The number of allylic oxidation sites excluding steroid dienone is 1. The maximum atomic E-state index is 11.7. The van der Waals surface area contributed by atoms with E-state index < -0.39 is 5.97 Å². The Morgan fingerprint density at radius 2 is 1.73 bits per heavy atom. The van der Waals surface area contributed by atoms with E-state index >= 15 is 0 Å². The van der Waals surface area contributed by atoms with Crippen LogP contribution in [0, 0.1) is 0 Å². The monoisotopic (exact) mass is 312 g/mol. The van der Waals surface area contributed by atoms with Crippen molar-refractivity contribution in [3.05, 3.63) is 12.2 Å². The van der Waals surface area contributed by atoms with Crippen molar-refractivity contribution in [3.63, 3.8) is 0 Å². The fourth-order valence-corrected chi connectivity index (χ4v) is 2.13. The van der Waals surface area contributed by atoms with Gasteiger partial charge in [-0.2, -0.15) is 0 Å². The summed E-state index contributed by atoms with van der Waals surface area (Å²) in [7, 11) is 0. The highest BCUT2D eigenvalue weighted by Gasteiger charge is 2.11. The number of carbonyl (C=O) groups is 2. The topological polar surface area (TPSA) is 63.6 Å². The summed E-state index contributed by atoms with van der Waals surface area (Å²) in [6.45, 7) is 4.18. The molecule has 0 aliphatic carbocycles. The van der Waals surface area contributed by atoms with Gasteiger partial charge in [0.25, 0.3) is 0 Å². The lowest BCUT2D eigenvalue weighted by atomic mass is 10.1. The van der Waals surface area contributed by atoms with Crippen molar-refractivity contribution < 1.29 is 19.4 Å². The molecule has 0 fully saturated rings. The molecular formula is C18H32O4. The minimum absolute atomic E-state index is 0.112. The molecule has 128 valence electrons. The molecule has 1 N–H and O–H groups in total. The molecule has 4 heteroatoms. The molecule has 0 aliphatic rings. The van der Waals surface area contributed by atoms with Crippen LogP contribution in [-0.2, 0) is 14.3 Å². The Hall–Kier alpha value is -1.32. The molecule has 0 amide bonds. The summed E-state index contributed by atoms with van der Waals surface area (Å²) in [5.41, 5.74) is 0. The molecule has 0 bridgehead atoms. The fraction of sp³-hybridized carbons (Fsp3) is 0.778. The summed E-state index contributed by atoms with van der Waals surface area (Å²) in [6.07, 6.45) is 13.1. The van der Waals surface area contributed by atoms with Gasteiger partial charge in [0.1, 0.15) is 6.10 Å². The zero-order valence-corrected chi connectivity index (χ0v) is 14.2. The molecule has 4 nitrogen and oxygen atoms in total. The number of carboxylic acid groups (broad SMARTS) is 1. The highest BCUT2D eigenvalue weighted by atomic mass is 16.5. The maximum Gasteiger partial charge on any atom is 0.306 e. The second kappa shape index (κ2) is 14.6. The summed E-state index contributed by atoms with van der Waals surface area (Å²) in [5.74, 6) is -0.843. The van der Waals surface area contributed by atoms with E-state index in [1.54, 1.807) is 0 Å². The first-order chi connectivity index (χ1) is 10.6. The molecular weight excluding hydrogens is 280 g/mol. The van der Waals surface area contributed by atoms with Gasteiger partial charge in [-0.25, -0.2) is 0 Å². The van der Waals surface area contributed by atoms with Crippen molar-refractivity contribution in [2.24, 2.45) is 0 Å². The van der Waals surface area contributed by atoms with Crippen LogP contribution in [0.2, 0.25) is 0 Å². The van der Waals surface area contributed by atoms with Crippen LogP contribution in [0.1, 0.15) is 84.5 Å². The highest BCUT2D eigenvalue weighted by molar-refractivity contribution is 5.69. The van der Waals surface area contributed by atoms with Gasteiger partial charge >= 0.3 is 11.9 Å². The molecule has 0 spiro atoms. The summed E-state index contributed by atoms with van der Waals surface area (Å²) < 4.78 is 5.52. The Bertz CT molecular complexity index is 323. The lowest BCUT2D eigenvalue weighted by molar-refractivity contribution is -0.147. The molecule has 0 aromatic rings. The van der Waals surface area contributed by atoms with Crippen LogP contribution in [0.4, 0.5) is 0 Å². The Kier molecular flexibility index (Phi) is 13.7. The molecule has 0 heterocycles. The van der Waals surface area contributed by atoms with Crippen molar-refractivity contribution in [2.75, 3.05) is 0 Å². The number of ether oxygens (including phenoxy) is 1. The second-order valence-corrected chi connectivity index (χ2v) is 5.70. The summed E-state index contributed by atoms with van der Waals surface area (Å²) >= 11 is 0. The van der Waals surface area contributed by atoms with Gasteiger partial charge in [-0.15, -0.1) is 0 Å². The molecule has 1 atom stereocenters. The molecule has 0 rings (SSSR count). The van der Waals surface area contributed by atoms with Crippen LogP contribution in [0.3, 0.4) is 0 Å². The summed E-state index contributed by atoms with van der Waals surface area (Å²) in [4.78, 5) is 22.2. The zero-order valence-electron chi connectivity index (χ0n) is 14.2. The number of aliphatic carboxylic acids is 1. The van der Waals surface area contributed by atoms with Gasteiger partial charge in [-0.1, -0.05) is 45.6 Å². The van der Waals surface area contributed by atoms with E-state index in [1.165, 1.54) is 0 Å². The maximum absolute atomic E-state index is 11.7. The number of hydrogen-bond acceptors (Lipinski definition) is 3. The standard InChI is InChI=1S/C18H32O4/c1-3-5-9-12-16(22-18(21)15-6-4-2)13-10-7-8-11-14-17(19)20/h9,12,16H,3-8,10-11,13-15H2,1-2H3,(H,19,20)/b12-9-. The van der Waals surface area contributed by atoms with Crippen molar-refractivity contribution in [2.45, 2.75) is 90.6 Å². The Morgan fingerprint density at radius 1 is 1.00 bits per heavy atom. The van der Waals surface area contributed by atoms with E-state index in [4.69, 9.17) is 9.84 Å². The molecule has 0 saturated carbocycles. The zero-order chi connectivity index (χ0) is 16.6. The number of rotatable bonds is 14. The third-order valence-electron chi connectivity index (χ3n) is 3.45. The molecule has 0 saturated heterocycles. The first-order valence-corrected chi connectivity index (χ1v) is 8.68. The first kappa shape index (κ1) is 20.7. The lowest BCUT2D eigenvalue weighted by Gasteiger charge is -2.14. The predicted molar refractivity (Wildman–Crippen MR) is 88.8 cm³/mol. The van der Waals surface area contributed by atoms with Gasteiger partial charge in [0.2, 0.25) is 0 Å². The highest BCUT2D eigenvalue weighted by Crippen LogP contribution is 2.13. The smallest absolute Gasteiger partial charge is 0.306 e. The van der Waals surface area contributed by atoms with Crippen molar-refractivity contribution in [1.82, 2.24) is 0 Å². The van der Waals surface area contributed by atoms with Crippen LogP contribution in [0.15, 0.2) is 12.2 Å². The van der Waals surface area contributed by atoms with Crippen LogP contribution >= 0.6 is 0 Å². The van der Waals surface area contributed by atoms with E-state index in [2.05, 4.69) is 19.9 Å². The van der Waals surface area contributed by atoms with Crippen molar-refractivity contribution in [3.8, 4) is 0 Å². The Morgan fingerprint density at radius 3 is 2.36 bits per heavy atom. The van der Waals surface area contributed by atoms with E-state index in [-0.39, 0.29) is 18.5 Å². The minimum Gasteiger partial charge on any atom is -0.481 e. The molecule has 1 unspecified atom stereocenters. The SMILES string of the molecule is CCC/C=C\C(CCCCCCC(=O)O)OC(=O)CCCC. The number of carboxylic acids is 1. The third kappa shape index (κ3) is 13.7. The van der Waals surface area contributed by atoms with E-state index in [9.17, 15) is 9.59 Å². The Labute approximate surface area is 134 Å². The summed E-state index contributed by atoms with van der Waals surface area (Å²) in [5, 5.41) is 8.58. The van der Waals surface area contributed by atoms with E-state index in [0.717, 1.165) is 57.8 Å². The molecule has 0 radical (unpaired) electrons. The third-order valence-corrected chi connectivity index (χ3v) is 3.45. The number of esters is 1. The van der Waals surface area contributed by atoms with Gasteiger partial charge < -0.3 is 9.84 Å². The van der Waals surface area contributed by atoms with E-state index in [0.29, 0.717) is 6.42 Å². The van der Waals surface area contributed by atoms with Gasteiger partial charge in [0.15, 0.2) is 0 Å². The van der Waals surface area contributed by atoms with Gasteiger partial charge in [-0.3, -0.25) is 9.59 Å². The van der Waals surface area contributed by atoms with Crippen molar-refractivity contribution >= 4 is 11.9 Å². The molecule has 0 aliphatic heterocycles. The van der Waals surface area contributed by atoms with Gasteiger partial charge in [-0.05, 0) is 38.2 Å². The average molecular weight is 312 g/mol. The van der Waals surface area contributed by atoms with Crippen LogP contribution < -0.4 is 0 Å². The van der Waals surface area contributed by atoms with Crippen molar-refractivity contribution in [1.29, 1.82) is 0 Å². The average Bonchev–Trinajstić information content (AvgIpc) is 2.48. The fourth-order valence-electron chi connectivity index (χ4n) is 2.13. The quantitative estimate of drug-likeness (QED) is 0.282. The Balaban J connectivity index is 4.01. The molecule has 0 aromatic carbocycles. The second-order valence-electron chi connectivity index (χ2n) is 5.70. The van der Waals surface area contributed by atoms with Gasteiger partial charge in [0, 0.05) is 12.8 Å². The largest absolute Gasteiger partial charge is 0.481 e. The molecule has 0 aromatic heterocycles.